The molecular formula is C10H20N2O3. The highest BCUT2D eigenvalue weighted by Crippen LogP contribution is 2.05. The quantitative estimate of drug-likeness (QED) is 0.666. The fourth-order valence-corrected chi connectivity index (χ4v) is 1.23. The van der Waals surface area contributed by atoms with E-state index in [-0.39, 0.29) is 17.6 Å². The second-order valence-electron chi connectivity index (χ2n) is 4.26. The van der Waals surface area contributed by atoms with E-state index in [9.17, 15) is 4.79 Å². The van der Waals surface area contributed by atoms with Gasteiger partial charge in [0.25, 0.3) is 0 Å². The van der Waals surface area contributed by atoms with Crippen molar-refractivity contribution in [2.24, 2.45) is 0 Å². The molecule has 2 N–H and O–H groups in total. The Kier molecular flexibility index (Phi) is 4.50. The fraction of sp³-hybridized carbons (Fsp3) is 0.900. The maximum absolute atomic E-state index is 11.7. The summed E-state index contributed by atoms with van der Waals surface area (Å²) in [5.74, 6) is -0.0279. The van der Waals surface area contributed by atoms with Gasteiger partial charge in [-0.25, -0.2) is 0 Å². The zero-order chi connectivity index (χ0) is 11.3. The lowest BCUT2D eigenvalue weighted by Gasteiger charge is -2.27. The van der Waals surface area contributed by atoms with E-state index < -0.39 is 0 Å². The van der Waals surface area contributed by atoms with Crippen LogP contribution >= 0.6 is 0 Å². The van der Waals surface area contributed by atoms with E-state index in [1.807, 2.05) is 13.8 Å². The molecule has 1 aliphatic heterocycles. The summed E-state index contributed by atoms with van der Waals surface area (Å²) in [6.07, 6.45) is 0. The van der Waals surface area contributed by atoms with Gasteiger partial charge < -0.3 is 20.1 Å². The van der Waals surface area contributed by atoms with Crippen LogP contribution in [0.15, 0.2) is 0 Å². The summed E-state index contributed by atoms with van der Waals surface area (Å²) in [7, 11) is 1.63. The van der Waals surface area contributed by atoms with E-state index in [1.54, 1.807) is 7.11 Å². The van der Waals surface area contributed by atoms with Crippen LogP contribution in [-0.2, 0) is 14.3 Å². The number of rotatable bonds is 4. The second-order valence-corrected chi connectivity index (χ2v) is 4.26. The number of amides is 1. The highest BCUT2D eigenvalue weighted by Gasteiger charge is 2.23. The molecule has 1 saturated heterocycles. The number of hydrogen-bond donors (Lipinski definition) is 2. The Balaban J connectivity index is 2.28. The summed E-state index contributed by atoms with van der Waals surface area (Å²) in [4.78, 5) is 11.7. The molecule has 15 heavy (non-hydrogen) atoms. The van der Waals surface area contributed by atoms with Crippen LogP contribution in [-0.4, -0.2) is 51.0 Å². The first-order chi connectivity index (χ1) is 7.05. The van der Waals surface area contributed by atoms with Crippen molar-refractivity contribution in [2.45, 2.75) is 25.5 Å². The van der Waals surface area contributed by atoms with Crippen molar-refractivity contribution in [3.8, 4) is 0 Å². The van der Waals surface area contributed by atoms with Gasteiger partial charge in [0, 0.05) is 20.2 Å². The topological polar surface area (TPSA) is 59.6 Å². The molecule has 1 fully saturated rings. The zero-order valence-electron chi connectivity index (χ0n) is 9.63. The molecule has 88 valence electrons. The van der Waals surface area contributed by atoms with Crippen LogP contribution in [0.5, 0.6) is 0 Å². The molecule has 0 saturated carbocycles. The van der Waals surface area contributed by atoms with E-state index in [4.69, 9.17) is 9.47 Å². The van der Waals surface area contributed by atoms with Gasteiger partial charge in [0.05, 0.1) is 18.8 Å². The van der Waals surface area contributed by atoms with Gasteiger partial charge in [-0.05, 0) is 13.8 Å². The van der Waals surface area contributed by atoms with Crippen molar-refractivity contribution >= 4 is 5.91 Å². The van der Waals surface area contributed by atoms with Crippen LogP contribution in [0, 0.1) is 0 Å². The van der Waals surface area contributed by atoms with Gasteiger partial charge >= 0.3 is 0 Å². The molecule has 0 aliphatic carbocycles. The molecule has 5 heteroatoms. The number of carbonyl (C=O) groups excluding carboxylic acids is 1. The van der Waals surface area contributed by atoms with Crippen LogP contribution in [0.3, 0.4) is 0 Å². The predicted octanol–water partition coefficient (Wildman–Crippen LogP) is -0.484. The summed E-state index contributed by atoms with van der Waals surface area (Å²) >= 11 is 0. The Morgan fingerprint density at radius 3 is 2.93 bits per heavy atom. The maximum Gasteiger partial charge on any atom is 0.239 e. The second kappa shape index (κ2) is 5.44. The van der Waals surface area contributed by atoms with Gasteiger partial charge in [-0.3, -0.25) is 4.79 Å². The van der Waals surface area contributed by atoms with Crippen LogP contribution in [0.25, 0.3) is 0 Å². The SMILES string of the molecule is COC(C)(C)CNC(=O)C1COCCN1. The van der Waals surface area contributed by atoms with Crippen LogP contribution in [0.1, 0.15) is 13.8 Å². The van der Waals surface area contributed by atoms with Gasteiger partial charge in [-0.2, -0.15) is 0 Å². The number of ether oxygens (including phenoxy) is 2. The van der Waals surface area contributed by atoms with Crippen LogP contribution < -0.4 is 10.6 Å². The number of methoxy groups -OCH3 is 1. The van der Waals surface area contributed by atoms with Gasteiger partial charge in [0.1, 0.15) is 6.04 Å². The highest BCUT2D eigenvalue weighted by atomic mass is 16.5. The van der Waals surface area contributed by atoms with Gasteiger partial charge in [0.2, 0.25) is 5.91 Å². The Morgan fingerprint density at radius 2 is 2.40 bits per heavy atom. The first-order valence-corrected chi connectivity index (χ1v) is 5.19. The average molecular weight is 216 g/mol. The Morgan fingerprint density at radius 1 is 1.67 bits per heavy atom. The predicted molar refractivity (Wildman–Crippen MR) is 56.7 cm³/mol. The van der Waals surface area contributed by atoms with Gasteiger partial charge in [-0.1, -0.05) is 0 Å². The van der Waals surface area contributed by atoms with Crippen molar-refractivity contribution in [2.75, 3.05) is 33.4 Å². The Bertz CT molecular complexity index is 213. The molecule has 1 unspecified atom stereocenters. The van der Waals surface area contributed by atoms with Crippen molar-refractivity contribution in [1.29, 1.82) is 0 Å². The molecule has 1 amide bonds. The molecule has 0 radical (unpaired) electrons. The Hall–Kier alpha value is -0.650. The lowest BCUT2D eigenvalue weighted by atomic mass is 10.1. The van der Waals surface area contributed by atoms with E-state index in [0.717, 1.165) is 6.54 Å². The zero-order valence-corrected chi connectivity index (χ0v) is 9.63. The molecular weight excluding hydrogens is 196 g/mol. The third-order valence-electron chi connectivity index (χ3n) is 2.48. The normalized spacial score (nSPS) is 22.5. The molecule has 0 spiro atoms. The average Bonchev–Trinajstić information content (AvgIpc) is 2.27. The van der Waals surface area contributed by atoms with E-state index in [2.05, 4.69) is 10.6 Å². The standard InChI is InChI=1S/C10H20N2O3/c1-10(2,14-3)7-12-9(13)8-6-15-5-4-11-8/h8,11H,4-7H2,1-3H3,(H,12,13). The third-order valence-corrected chi connectivity index (χ3v) is 2.48. The third kappa shape index (κ3) is 4.15. The van der Waals surface area contributed by atoms with E-state index >= 15 is 0 Å². The minimum absolute atomic E-state index is 0.0279. The summed E-state index contributed by atoms with van der Waals surface area (Å²) in [5.41, 5.74) is -0.328. The highest BCUT2D eigenvalue weighted by molar-refractivity contribution is 5.82. The van der Waals surface area contributed by atoms with Gasteiger partial charge in [0.15, 0.2) is 0 Å². The van der Waals surface area contributed by atoms with Crippen molar-refractivity contribution < 1.29 is 14.3 Å². The molecule has 1 aliphatic rings. The molecule has 1 atom stereocenters. The molecule has 5 nitrogen and oxygen atoms in total. The first kappa shape index (κ1) is 12.4. The largest absolute Gasteiger partial charge is 0.378 e. The number of morpholine rings is 1. The molecule has 0 bridgehead atoms. The minimum atomic E-state index is -0.328. The molecule has 0 aromatic rings. The summed E-state index contributed by atoms with van der Waals surface area (Å²) in [5, 5.41) is 5.93. The minimum Gasteiger partial charge on any atom is -0.378 e. The summed E-state index contributed by atoms with van der Waals surface area (Å²) in [6, 6.07) is -0.230. The smallest absolute Gasteiger partial charge is 0.239 e. The summed E-state index contributed by atoms with van der Waals surface area (Å²) in [6.45, 7) is 6.20. The van der Waals surface area contributed by atoms with Crippen LogP contribution in [0.2, 0.25) is 0 Å². The number of hydrogen-bond acceptors (Lipinski definition) is 4. The Labute approximate surface area is 90.5 Å². The van der Waals surface area contributed by atoms with Crippen molar-refractivity contribution in [3.05, 3.63) is 0 Å². The molecule has 1 rings (SSSR count). The van der Waals surface area contributed by atoms with Gasteiger partial charge in [-0.15, -0.1) is 0 Å². The lowest BCUT2D eigenvalue weighted by Crippen LogP contribution is -2.53. The monoisotopic (exact) mass is 216 g/mol. The van der Waals surface area contributed by atoms with E-state index in [0.29, 0.717) is 19.8 Å². The number of carbonyl (C=O) groups is 1. The number of nitrogens with one attached hydrogen (secondary N) is 2. The first-order valence-electron chi connectivity index (χ1n) is 5.19. The maximum atomic E-state index is 11.7. The van der Waals surface area contributed by atoms with Crippen molar-refractivity contribution in [3.63, 3.8) is 0 Å². The van der Waals surface area contributed by atoms with Crippen molar-refractivity contribution in [1.82, 2.24) is 10.6 Å². The fourth-order valence-electron chi connectivity index (χ4n) is 1.23. The molecule has 0 aromatic heterocycles. The van der Waals surface area contributed by atoms with Crippen LogP contribution in [0.4, 0.5) is 0 Å². The van der Waals surface area contributed by atoms with E-state index in [1.165, 1.54) is 0 Å². The molecule has 0 aromatic carbocycles. The summed E-state index contributed by atoms with van der Waals surface area (Å²) < 4.78 is 10.4. The molecule has 1 heterocycles. The lowest BCUT2D eigenvalue weighted by molar-refractivity contribution is -0.127.